The summed E-state index contributed by atoms with van der Waals surface area (Å²) in [6.45, 7) is 4.20. The molecule has 348 valence electrons. The molecule has 4 aromatic heterocycles. The van der Waals surface area contributed by atoms with E-state index >= 15 is 0 Å². The van der Waals surface area contributed by atoms with Gasteiger partial charge in [-0.25, -0.2) is 0 Å². The molecule has 0 saturated carbocycles. The molecule has 2 unspecified atom stereocenters. The van der Waals surface area contributed by atoms with Gasteiger partial charge in [0.25, 0.3) is 0 Å². The number of para-hydroxylation sites is 4. The van der Waals surface area contributed by atoms with E-state index in [1.807, 2.05) is 36.7 Å². The number of hydrogen-bond acceptors (Lipinski definition) is 8. The summed E-state index contributed by atoms with van der Waals surface area (Å²) in [5.41, 5.74) is 17.7. The summed E-state index contributed by atoms with van der Waals surface area (Å²) in [4.78, 5) is 18.5. The largest absolute Gasteiger partial charge is 0.581 e. The van der Waals surface area contributed by atoms with Crippen molar-refractivity contribution in [2.24, 2.45) is 0 Å². The number of benzene rings is 6. The van der Waals surface area contributed by atoms with Gasteiger partial charge in [-0.05, 0) is 72.7 Å². The predicted octanol–water partition coefficient (Wildman–Crippen LogP) is 10.6. The molecular formula is C58H40N10Pt2-6. The van der Waals surface area contributed by atoms with E-state index in [0.717, 1.165) is 90.3 Å². The third-order valence-electron chi connectivity index (χ3n) is 13.8. The van der Waals surface area contributed by atoms with Crippen LogP contribution in [0, 0.1) is 25.5 Å². The molecule has 0 radical (unpaired) electrons. The average molecular weight is 1270 g/mol. The molecule has 6 heterocycles. The molecule has 0 N–H and O–H groups in total. The van der Waals surface area contributed by atoms with Gasteiger partial charge in [0.05, 0.1) is 22.2 Å². The van der Waals surface area contributed by atoms with Gasteiger partial charge < -0.3 is 40.0 Å². The SMILES string of the molecule is CN1[CH-]N(c2[c-]c(C3(c4cc[n-]n4)c4ccccc4-c4cccnc43)ccc2)c2ccccc21.CN1[CH-]N(c2[c-]c(C3(c4cc[n-]n4)c4ccccc4-c4cccnc43)ccc2)c2ccccc21.[Pt].[Pt]. The topological polar surface area (TPSA) is 92.7 Å². The first-order valence-electron chi connectivity index (χ1n) is 22.5. The van der Waals surface area contributed by atoms with Gasteiger partial charge in [-0.15, -0.1) is 22.5 Å². The first-order valence-corrected chi connectivity index (χ1v) is 22.5. The summed E-state index contributed by atoms with van der Waals surface area (Å²) in [6.07, 6.45) is 7.23. The number of pyridine rings is 2. The van der Waals surface area contributed by atoms with E-state index < -0.39 is 10.8 Å². The molecule has 12 heteroatoms. The minimum absolute atomic E-state index is 0. The quantitative estimate of drug-likeness (QED) is 0.150. The van der Waals surface area contributed by atoms with Crippen LogP contribution in [-0.4, -0.2) is 34.3 Å². The van der Waals surface area contributed by atoms with Crippen molar-refractivity contribution in [1.29, 1.82) is 0 Å². The number of rotatable bonds is 6. The summed E-state index contributed by atoms with van der Waals surface area (Å²) in [5.74, 6) is 0. The van der Waals surface area contributed by atoms with Gasteiger partial charge in [0.1, 0.15) is 0 Å². The van der Waals surface area contributed by atoms with Crippen molar-refractivity contribution < 1.29 is 42.1 Å². The number of aromatic nitrogens is 6. The van der Waals surface area contributed by atoms with Crippen LogP contribution in [0.5, 0.6) is 0 Å². The van der Waals surface area contributed by atoms with Gasteiger partial charge in [0.2, 0.25) is 0 Å². The van der Waals surface area contributed by atoms with E-state index in [4.69, 9.17) is 9.97 Å². The molecule has 0 bridgehead atoms. The van der Waals surface area contributed by atoms with Gasteiger partial charge in [-0.2, -0.15) is 74.3 Å². The van der Waals surface area contributed by atoms with Gasteiger partial charge >= 0.3 is 0 Å². The van der Waals surface area contributed by atoms with Crippen molar-refractivity contribution in [1.82, 2.24) is 30.4 Å². The van der Waals surface area contributed by atoms with Crippen LogP contribution in [0.25, 0.3) is 22.3 Å². The smallest absolute Gasteiger partial charge is 0.0816 e. The molecule has 10 nitrogen and oxygen atoms in total. The van der Waals surface area contributed by atoms with Crippen LogP contribution in [0.1, 0.15) is 45.0 Å². The van der Waals surface area contributed by atoms with E-state index in [2.05, 4.69) is 225 Å². The van der Waals surface area contributed by atoms with Gasteiger partial charge in [-0.1, -0.05) is 97.1 Å². The summed E-state index contributed by atoms with van der Waals surface area (Å²) in [6, 6.07) is 66.2. The molecule has 0 amide bonds. The van der Waals surface area contributed by atoms with Crippen LogP contribution in [-0.2, 0) is 53.0 Å². The number of anilines is 6. The van der Waals surface area contributed by atoms with Crippen LogP contribution in [0.15, 0.2) is 195 Å². The minimum atomic E-state index is -0.690. The van der Waals surface area contributed by atoms with Gasteiger partial charge in [-0.3, -0.25) is 9.97 Å². The van der Waals surface area contributed by atoms with Gasteiger partial charge in [0, 0.05) is 99.8 Å². The van der Waals surface area contributed by atoms with E-state index in [1.54, 1.807) is 12.4 Å². The second-order valence-corrected chi connectivity index (χ2v) is 17.3. The first-order chi connectivity index (χ1) is 33.6. The molecule has 4 aliphatic rings. The molecule has 2 aliphatic carbocycles. The fourth-order valence-electron chi connectivity index (χ4n) is 10.9. The molecule has 10 aromatic rings. The summed E-state index contributed by atoms with van der Waals surface area (Å²) >= 11 is 0. The monoisotopic (exact) mass is 1270 g/mol. The predicted molar refractivity (Wildman–Crippen MR) is 266 cm³/mol. The maximum atomic E-state index is 4.92. The molecule has 70 heavy (non-hydrogen) atoms. The Hall–Kier alpha value is -7.38. The Bertz CT molecular complexity index is 3200. The molecular weight excluding hydrogens is 1230 g/mol. The van der Waals surface area contributed by atoms with Crippen molar-refractivity contribution in [3.8, 4) is 22.3 Å². The Morgan fingerprint density at radius 3 is 1.26 bits per heavy atom. The Morgan fingerprint density at radius 2 is 0.829 bits per heavy atom. The second kappa shape index (κ2) is 17.9. The summed E-state index contributed by atoms with van der Waals surface area (Å²) in [7, 11) is 4.13. The van der Waals surface area contributed by atoms with Gasteiger partial charge in [0.15, 0.2) is 0 Å². The van der Waals surface area contributed by atoms with E-state index in [1.165, 1.54) is 11.1 Å². The number of fused-ring (bicyclic) bond motifs is 8. The van der Waals surface area contributed by atoms with E-state index in [0.29, 0.717) is 0 Å². The Kier molecular flexibility index (Phi) is 11.5. The average Bonchev–Trinajstić information content (AvgIpc) is 4.28. The standard InChI is InChI=1S/2C29H20N5.2Pt/c2*1-33-19-34(26-14-5-4-13-25(26)33)21-9-6-8-20(18-21)29(27-15-17-31-32-27)24-12-3-2-10-22(24)23-11-7-16-30-28(23)29;;/h2*2-17,19H,1H3;;/q2*-3;;. The maximum Gasteiger partial charge on any atom is 0.0816 e. The molecule has 0 saturated heterocycles. The number of nitrogens with zero attached hydrogens (tertiary/aromatic N) is 10. The van der Waals surface area contributed by atoms with Crippen molar-refractivity contribution in [3.63, 3.8) is 0 Å². The Balaban J connectivity index is 0.000000148. The minimum Gasteiger partial charge on any atom is -0.581 e. The van der Waals surface area contributed by atoms with Crippen LogP contribution < -0.4 is 29.8 Å². The molecule has 0 fully saturated rings. The summed E-state index contributed by atoms with van der Waals surface area (Å²) in [5, 5.41) is 17.6. The fourth-order valence-corrected chi connectivity index (χ4v) is 10.9. The van der Waals surface area contributed by atoms with Crippen molar-refractivity contribution in [3.05, 3.63) is 265 Å². The normalized spacial score (nSPS) is 17.5. The molecule has 2 aliphatic heterocycles. The Labute approximate surface area is 435 Å². The zero-order valence-electron chi connectivity index (χ0n) is 37.7. The molecule has 6 aromatic carbocycles. The van der Waals surface area contributed by atoms with Crippen LogP contribution in [0.2, 0.25) is 0 Å². The third kappa shape index (κ3) is 6.60. The van der Waals surface area contributed by atoms with E-state index in [-0.39, 0.29) is 42.1 Å². The third-order valence-corrected chi connectivity index (χ3v) is 13.8. The van der Waals surface area contributed by atoms with Crippen LogP contribution in [0.4, 0.5) is 34.1 Å². The molecule has 0 spiro atoms. The number of hydrogen-bond donors (Lipinski definition) is 0. The van der Waals surface area contributed by atoms with Crippen LogP contribution >= 0.6 is 0 Å². The zero-order valence-corrected chi connectivity index (χ0v) is 42.3. The maximum absolute atomic E-state index is 4.92. The van der Waals surface area contributed by atoms with E-state index in [9.17, 15) is 0 Å². The van der Waals surface area contributed by atoms with Crippen LogP contribution in [0.3, 0.4) is 0 Å². The molecule has 14 rings (SSSR count). The first kappa shape index (κ1) is 45.1. The second-order valence-electron chi connectivity index (χ2n) is 17.3. The molecule has 2 atom stereocenters. The van der Waals surface area contributed by atoms with Crippen molar-refractivity contribution >= 4 is 34.1 Å². The van der Waals surface area contributed by atoms with Crippen molar-refractivity contribution in [2.75, 3.05) is 33.7 Å². The fraction of sp³-hybridized carbons (Fsp3) is 0.0690. The Morgan fingerprint density at radius 1 is 0.429 bits per heavy atom. The van der Waals surface area contributed by atoms with Crippen molar-refractivity contribution in [2.45, 2.75) is 10.8 Å². The zero-order chi connectivity index (χ0) is 45.4. The summed E-state index contributed by atoms with van der Waals surface area (Å²) < 4.78 is 0.